The predicted octanol–water partition coefficient (Wildman–Crippen LogP) is 2.91. The minimum atomic E-state index is 0.576. The van der Waals surface area contributed by atoms with Gasteiger partial charge in [0.15, 0.2) is 11.5 Å². The number of anilines is 1. The van der Waals surface area contributed by atoms with E-state index in [1.165, 1.54) is 5.56 Å². The zero-order valence-corrected chi connectivity index (χ0v) is 11.8. The van der Waals surface area contributed by atoms with Gasteiger partial charge in [-0.2, -0.15) is 0 Å². The van der Waals surface area contributed by atoms with Gasteiger partial charge in [-0.25, -0.2) is 0 Å². The summed E-state index contributed by atoms with van der Waals surface area (Å²) >= 11 is 0. The van der Waals surface area contributed by atoms with E-state index in [1.807, 2.05) is 30.3 Å². The smallest absolute Gasteiger partial charge is 0.162 e. The molecular formula is C16H19NO3. The van der Waals surface area contributed by atoms with Gasteiger partial charge in [-0.15, -0.1) is 0 Å². The molecule has 2 rings (SSSR count). The number of methoxy groups -OCH3 is 2. The van der Waals surface area contributed by atoms with Crippen molar-refractivity contribution in [1.29, 1.82) is 0 Å². The molecule has 0 heterocycles. The highest BCUT2D eigenvalue weighted by Gasteiger charge is 2.04. The molecule has 0 unspecified atom stereocenters. The second kappa shape index (κ2) is 6.70. The third kappa shape index (κ3) is 3.57. The van der Waals surface area contributed by atoms with E-state index in [-0.39, 0.29) is 0 Å². The maximum atomic E-state index is 5.73. The summed E-state index contributed by atoms with van der Waals surface area (Å²) in [5, 5.41) is 0. The third-order valence-electron chi connectivity index (χ3n) is 3.00. The average Bonchev–Trinajstić information content (AvgIpc) is 2.49. The van der Waals surface area contributed by atoms with Crippen LogP contribution in [0.2, 0.25) is 0 Å². The van der Waals surface area contributed by atoms with Crippen LogP contribution in [0.5, 0.6) is 17.2 Å². The Kier molecular flexibility index (Phi) is 4.71. The summed E-state index contributed by atoms with van der Waals surface area (Å²) in [6, 6.07) is 13.3. The van der Waals surface area contributed by atoms with Gasteiger partial charge < -0.3 is 19.9 Å². The Hall–Kier alpha value is -2.36. The molecule has 4 nitrogen and oxygen atoms in total. The topological polar surface area (TPSA) is 53.7 Å². The Morgan fingerprint density at radius 1 is 0.900 bits per heavy atom. The maximum Gasteiger partial charge on any atom is 0.162 e. The molecule has 0 bridgehead atoms. The molecular weight excluding hydrogens is 254 g/mol. The van der Waals surface area contributed by atoms with Crippen LogP contribution in [0, 0.1) is 0 Å². The monoisotopic (exact) mass is 273 g/mol. The molecule has 2 N–H and O–H groups in total. The first-order chi connectivity index (χ1) is 9.72. The van der Waals surface area contributed by atoms with Gasteiger partial charge in [-0.3, -0.25) is 0 Å². The zero-order chi connectivity index (χ0) is 14.4. The van der Waals surface area contributed by atoms with Gasteiger partial charge in [-0.1, -0.05) is 12.1 Å². The van der Waals surface area contributed by atoms with Crippen LogP contribution in [0.4, 0.5) is 5.69 Å². The number of hydrogen-bond donors (Lipinski definition) is 1. The van der Waals surface area contributed by atoms with E-state index in [0.29, 0.717) is 23.8 Å². The van der Waals surface area contributed by atoms with Gasteiger partial charge in [-0.05, 0) is 29.8 Å². The predicted molar refractivity (Wildman–Crippen MR) is 79.6 cm³/mol. The first-order valence-electron chi connectivity index (χ1n) is 6.42. The van der Waals surface area contributed by atoms with Gasteiger partial charge >= 0.3 is 0 Å². The summed E-state index contributed by atoms with van der Waals surface area (Å²) in [5.74, 6) is 2.21. The van der Waals surface area contributed by atoms with E-state index in [0.717, 1.165) is 12.2 Å². The fraction of sp³-hybridized carbons (Fsp3) is 0.250. The lowest BCUT2D eigenvalue weighted by Gasteiger charge is -2.11. The molecule has 20 heavy (non-hydrogen) atoms. The molecule has 106 valence electrons. The van der Waals surface area contributed by atoms with E-state index in [4.69, 9.17) is 19.9 Å². The van der Waals surface area contributed by atoms with E-state index < -0.39 is 0 Å². The molecule has 0 aliphatic rings. The normalized spacial score (nSPS) is 10.1. The summed E-state index contributed by atoms with van der Waals surface area (Å²) in [6.07, 6.45) is 0.817. The Bertz CT molecular complexity index is 552. The van der Waals surface area contributed by atoms with Crippen LogP contribution in [0.1, 0.15) is 5.56 Å². The second-order valence-electron chi connectivity index (χ2n) is 4.36. The summed E-state index contributed by atoms with van der Waals surface area (Å²) in [4.78, 5) is 0. The SMILES string of the molecule is COc1ccc(CCOc2ccc(N)cc2OC)cc1. The van der Waals surface area contributed by atoms with Gasteiger partial charge in [0.25, 0.3) is 0 Å². The van der Waals surface area contributed by atoms with Gasteiger partial charge in [0, 0.05) is 18.2 Å². The Morgan fingerprint density at radius 2 is 1.65 bits per heavy atom. The quantitative estimate of drug-likeness (QED) is 0.822. The van der Waals surface area contributed by atoms with Gasteiger partial charge in [0.2, 0.25) is 0 Å². The molecule has 2 aromatic rings. The first-order valence-corrected chi connectivity index (χ1v) is 6.42. The van der Waals surface area contributed by atoms with Crippen molar-refractivity contribution in [2.75, 3.05) is 26.6 Å². The number of benzene rings is 2. The van der Waals surface area contributed by atoms with Crippen LogP contribution < -0.4 is 19.9 Å². The summed E-state index contributed by atoms with van der Waals surface area (Å²) < 4.78 is 16.1. The lowest BCUT2D eigenvalue weighted by molar-refractivity contribution is 0.298. The molecule has 0 aromatic heterocycles. The van der Waals surface area contributed by atoms with Crippen LogP contribution >= 0.6 is 0 Å². The number of hydrogen-bond acceptors (Lipinski definition) is 4. The third-order valence-corrected chi connectivity index (χ3v) is 3.00. The van der Waals surface area contributed by atoms with Crippen molar-refractivity contribution in [2.45, 2.75) is 6.42 Å². The second-order valence-corrected chi connectivity index (χ2v) is 4.36. The van der Waals surface area contributed by atoms with E-state index in [1.54, 1.807) is 26.4 Å². The fourth-order valence-electron chi connectivity index (χ4n) is 1.87. The van der Waals surface area contributed by atoms with Crippen molar-refractivity contribution in [2.24, 2.45) is 0 Å². The van der Waals surface area contributed by atoms with Gasteiger partial charge in [0.1, 0.15) is 5.75 Å². The molecule has 0 amide bonds. The molecule has 0 radical (unpaired) electrons. The Labute approximate surface area is 119 Å². The van der Waals surface area contributed by atoms with Crippen LogP contribution in [0.3, 0.4) is 0 Å². The number of nitrogens with two attached hydrogens (primary N) is 1. The number of nitrogen functional groups attached to an aromatic ring is 1. The van der Waals surface area contributed by atoms with Gasteiger partial charge in [0.05, 0.1) is 20.8 Å². The number of rotatable bonds is 6. The molecule has 0 fully saturated rings. The van der Waals surface area contributed by atoms with Crippen LogP contribution in [-0.2, 0) is 6.42 Å². The van der Waals surface area contributed by atoms with E-state index in [9.17, 15) is 0 Å². The highest BCUT2D eigenvalue weighted by molar-refractivity contribution is 5.51. The summed E-state index contributed by atoms with van der Waals surface area (Å²) in [6.45, 7) is 0.576. The largest absolute Gasteiger partial charge is 0.497 e. The van der Waals surface area contributed by atoms with Crippen LogP contribution in [0.25, 0.3) is 0 Å². The molecule has 2 aromatic carbocycles. The zero-order valence-electron chi connectivity index (χ0n) is 11.8. The standard InChI is InChI=1S/C16H19NO3/c1-18-14-6-3-12(4-7-14)9-10-20-15-8-5-13(17)11-16(15)19-2/h3-8,11H,9-10,17H2,1-2H3. The summed E-state index contributed by atoms with van der Waals surface area (Å²) in [5.41, 5.74) is 7.55. The number of ether oxygens (including phenoxy) is 3. The van der Waals surface area contributed by atoms with Crippen molar-refractivity contribution in [3.8, 4) is 17.2 Å². The fourth-order valence-corrected chi connectivity index (χ4v) is 1.87. The lowest BCUT2D eigenvalue weighted by Crippen LogP contribution is -2.03. The molecule has 0 saturated heterocycles. The first kappa shape index (κ1) is 14.1. The van der Waals surface area contributed by atoms with Crippen molar-refractivity contribution < 1.29 is 14.2 Å². The highest BCUT2D eigenvalue weighted by Crippen LogP contribution is 2.29. The molecule has 0 atom stereocenters. The van der Waals surface area contributed by atoms with Crippen molar-refractivity contribution in [3.05, 3.63) is 48.0 Å². The van der Waals surface area contributed by atoms with Crippen molar-refractivity contribution in [1.82, 2.24) is 0 Å². The molecule has 0 aliphatic carbocycles. The molecule has 4 heteroatoms. The summed E-state index contributed by atoms with van der Waals surface area (Å²) in [7, 11) is 3.26. The van der Waals surface area contributed by atoms with Crippen LogP contribution in [0.15, 0.2) is 42.5 Å². The lowest BCUT2D eigenvalue weighted by atomic mass is 10.1. The molecule has 0 spiro atoms. The van der Waals surface area contributed by atoms with E-state index >= 15 is 0 Å². The minimum Gasteiger partial charge on any atom is -0.497 e. The minimum absolute atomic E-state index is 0.576. The van der Waals surface area contributed by atoms with Crippen LogP contribution in [-0.4, -0.2) is 20.8 Å². The van der Waals surface area contributed by atoms with E-state index in [2.05, 4.69) is 0 Å². The molecule has 0 saturated carbocycles. The maximum absolute atomic E-state index is 5.73. The van der Waals surface area contributed by atoms with Crippen molar-refractivity contribution in [3.63, 3.8) is 0 Å². The average molecular weight is 273 g/mol. The Balaban J connectivity index is 1.92. The highest BCUT2D eigenvalue weighted by atomic mass is 16.5. The molecule has 0 aliphatic heterocycles. The van der Waals surface area contributed by atoms with Crippen molar-refractivity contribution >= 4 is 5.69 Å². The Morgan fingerprint density at radius 3 is 2.30 bits per heavy atom.